The van der Waals surface area contributed by atoms with E-state index in [-0.39, 0.29) is 11.8 Å². The van der Waals surface area contributed by atoms with E-state index in [1.165, 1.54) is 4.90 Å². The zero-order valence-electron chi connectivity index (χ0n) is 11.3. The Morgan fingerprint density at radius 1 is 1.15 bits per heavy atom. The van der Waals surface area contributed by atoms with Crippen LogP contribution in [0.1, 0.15) is 16.8 Å². The van der Waals surface area contributed by atoms with Gasteiger partial charge >= 0.3 is 5.97 Å². The number of carboxylic acids is 1. The van der Waals surface area contributed by atoms with Crippen LogP contribution in [-0.4, -0.2) is 41.9 Å². The highest BCUT2D eigenvalue weighted by Gasteiger charge is 2.48. The first-order valence-electron chi connectivity index (χ1n) is 6.25. The SMILES string of the molecule is CN(C)C(=O)c1ccc(NC(=O)C2CC2C(=O)O)cc1. The average Bonchev–Trinajstić information content (AvgIpc) is 3.19. The molecular weight excluding hydrogens is 260 g/mol. The second-order valence-electron chi connectivity index (χ2n) is 5.05. The zero-order valence-corrected chi connectivity index (χ0v) is 11.3. The van der Waals surface area contributed by atoms with E-state index in [1.807, 2.05) is 0 Å². The normalized spacial score (nSPS) is 20.1. The second kappa shape index (κ2) is 5.32. The van der Waals surface area contributed by atoms with Crippen LogP contribution in [0.5, 0.6) is 0 Å². The summed E-state index contributed by atoms with van der Waals surface area (Å²) in [5.41, 5.74) is 1.09. The van der Waals surface area contributed by atoms with Crippen molar-refractivity contribution in [3.05, 3.63) is 29.8 Å². The fraction of sp³-hybridized carbons (Fsp3) is 0.357. The molecule has 1 aromatic rings. The van der Waals surface area contributed by atoms with Crippen LogP contribution in [0.15, 0.2) is 24.3 Å². The number of benzene rings is 1. The monoisotopic (exact) mass is 276 g/mol. The van der Waals surface area contributed by atoms with Crippen molar-refractivity contribution in [2.45, 2.75) is 6.42 Å². The molecule has 2 unspecified atom stereocenters. The smallest absolute Gasteiger partial charge is 0.307 e. The molecule has 6 heteroatoms. The van der Waals surface area contributed by atoms with Gasteiger partial charge in [0.2, 0.25) is 5.91 Å². The van der Waals surface area contributed by atoms with Crippen LogP contribution in [0.2, 0.25) is 0 Å². The number of anilines is 1. The lowest BCUT2D eigenvalue weighted by Crippen LogP contribution is -2.21. The summed E-state index contributed by atoms with van der Waals surface area (Å²) in [6, 6.07) is 6.51. The Kier molecular flexibility index (Phi) is 3.74. The summed E-state index contributed by atoms with van der Waals surface area (Å²) < 4.78 is 0. The van der Waals surface area contributed by atoms with E-state index in [9.17, 15) is 14.4 Å². The third kappa shape index (κ3) is 2.96. The quantitative estimate of drug-likeness (QED) is 0.860. The van der Waals surface area contributed by atoms with Crippen molar-refractivity contribution < 1.29 is 19.5 Å². The summed E-state index contributed by atoms with van der Waals surface area (Å²) in [5, 5.41) is 11.4. The molecule has 2 amide bonds. The van der Waals surface area contributed by atoms with Gasteiger partial charge in [0, 0.05) is 25.3 Å². The number of carboxylic acid groups (broad SMARTS) is 1. The molecule has 6 nitrogen and oxygen atoms in total. The Bertz CT molecular complexity index is 551. The molecule has 0 heterocycles. The number of amides is 2. The van der Waals surface area contributed by atoms with Gasteiger partial charge in [0.25, 0.3) is 5.91 Å². The molecule has 1 aliphatic rings. The minimum atomic E-state index is -0.933. The largest absolute Gasteiger partial charge is 0.481 e. The lowest BCUT2D eigenvalue weighted by Gasteiger charge is -2.10. The van der Waals surface area contributed by atoms with Gasteiger partial charge in [0.05, 0.1) is 11.8 Å². The Balaban J connectivity index is 1.96. The predicted molar refractivity (Wildman–Crippen MR) is 72.3 cm³/mol. The molecule has 0 aromatic heterocycles. The molecule has 2 N–H and O–H groups in total. The molecule has 0 aliphatic heterocycles. The minimum Gasteiger partial charge on any atom is -0.481 e. The summed E-state index contributed by atoms with van der Waals surface area (Å²) >= 11 is 0. The molecule has 0 radical (unpaired) electrons. The number of nitrogens with zero attached hydrogens (tertiary/aromatic N) is 1. The number of aliphatic carboxylic acids is 1. The molecule has 0 bridgehead atoms. The minimum absolute atomic E-state index is 0.115. The van der Waals surface area contributed by atoms with Gasteiger partial charge in [0.15, 0.2) is 0 Å². The third-order valence-corrected chi connectivity index (χ3v) is 3.25. The van der Waals surface area contributed by atoms with Crippen molar-refractivity contribution in [2.24, 2.45) is 11.8 Å². The predicted octanol–water partition coefficient (Wildman–Crippen LogP) is 1.05. The summed E-state index contributed by atoms with van der Waals surface area (Å²) in [7, 11) is 3.33. The highest BCUT2D eigenvalue weighted by Crippen LogP contribution is 2.39. The van der Waals surface area contributed by atoms with Crippen LogP contribution in [-0.2, 0) is 9.59 Å². The van der Waals surface area contributed by atoms with Crippen molar-refractivity contribution in [1.82, 2.24) is 4.90 Å². The van der Waals surface area contributed by atoms with Gasteiger partial charge in [-0.05, 0) is 30.7 Å². The number of rotatable bonds is 4. The lowest BCUT2D eigenvalue weighted by molar-refractivity contribution is -0.139. The zero-order chi connectivity index (χ0) is 14.9. The molecule has 1 aliphatic carbocycles. The standard InChI is InChI=1S/C14H16N2O4/c1-16(2)13(18)8-3-5-9(6-4-8)15-12(17)10-7-11(10)14(19)20/h3-6,10-11H,7H2,1-2H3,(H,15,17)(H,19,20). The first kappa shape index (κ1) is 14.0. The van der Waals surface area contributed by atoms with Gasteiger partial charge in [-0.15, -0.1) is 0 Å². The molecule has 0 spiro atoms. The van der Waals surface area contributed by atoms with Gasteiger partial charge in [0.1, 0.15) is 0 Å². The van der Waals surface area contributed by atoms with Gasteiger partial charge in [-0.25, -0.2) is 0 Å². The molecule has 1 aromatic carbocycles. The average molecular weight is 276 g/mol. The molecule has 0 saturated heterocycles. The van der Waals surface area contributed by atoms with Crippen LogP contribution < -0.4 is 5.32 Å². The fourth-order valence-electron chi connectivity index (χ4n) is 1.95. The Morgan fingerprint density at radius 3 is 2.20 bits per heavy atom. The fourth-order valence-corrected chi connectivity index (χ4v) is 1.95. The first-order chi connectivity index (χ1) is 9.40. The summed E-state index contributed by atoms with van der Waals surface area (Å²) in [4.78, 5) is 35.6. The molecule has 1 saturated carbocycles. The van der Waals surface area contributed by atoms with Crippen molar-refractivity contribution >= 4 is 23.5 Å². The topological polar surface area (TPSA) is 86.7 Å². The highest BCUT2D eigenvalue weighted by atomic mass is 16.4. The molecule has 1 fully saturated rings. The van der Waals surface area contributed by atoms with Crippen LogP contribution in [0.25, 0.3) is 0 Å². The Morgan fingerprint density at radius 2 is 1.75 bits per heavy atom. The van der Waals surface area contributed by atoms with Crippen molar-refractivity contribution in [1.29, 1.82) is 0 Å². The van der Waals surface area contributed by atoms with Crippen LogP contribution in [0, 0.1) is 11.8 Å². The van der Waals surface area contributed by atoms with Gasteiger partial charge in [-0.1, -0.05) is 0 Å². The van der Waals surface area contributed by atoms with E-state index in [0.29, 0.717) is 17.7 Å². The summed E-state index contributed by atoms with van der Waals surface area (Å²) in [6.45, 7) is 0. The summed E-state index contributed by atoms with van der Waals surface area (Å²) in [5.74, 6) is -2.35. The second-order valence-corrected chi connectivity index (χ2v) is 5.05. The van der Waals surface area contributed by atoms with E-state index < -0.39 is 17.8 Å². The molecule has 2 atom stereocenters. The van der Waals surface area contributed by atoms with Crippen molar-refractivity contribution in [3.63, 3.8) is 0 Å². The number of carbonyl (C=O) groups is 3. The van der Waals surface area contributed by atoms with Gasteiger partial charge < -0.3 is 15.3 Å². The maximum Gasteiger partial charge on any atom is 0.307 e. The maximum atomic E-state index is 11.8. The highest BCUT2D eigenvalue weighted by molar-refractivity contribution is 5.99. The molecule has 2 rings (SSSR count). The van der Waals surface area contributed by atoms with E-state index in [2.05, 4.69) is 5.32 Å². The maximum absolute atomic E-state index is 11.8. The van der Waals surface area contributed by atoms with E-state index >= 15 is 0 Å². The Labute approximate surface area is 116 Å². The van der Waals surface area contributed by atoms with Gasteiger partial charge in [-0.3, -0.25) is 14.4 Å². The van der Waals surface area contributed by atoms with Crippen molar-refractivity contribution in [3.8, 4) is 0 Å². The lowest BCUT2D eigenvalue weighted by atomic mass is 10.2. The number of nitrogens with one attached hydrogen (secondary N) is 1. The van der Waals surface area contributed by atoms with Crippen LogP contribution >= 0.6 is 0 Å². The van der Waals surface area contributed by atoms with Crippen LogP contribution in [0.4, 0.5) is 5.69 Å². The van der Waals surface area contributed by atoms with E-state index in [1.54, 1.807) is 38.4 Å². The van der Waals surface area contributed by atoms with E-state index in [0.717, 1.165) is 0 Å². The van der Waals surface area contributed by atoms with Crippen LogP contribution in [0.3, 0.4) is 0 Å². The number of hydrogen-bond donors (Lipinski definition) is 2. The molecular formula is C14H16N2O4. The van der Waals surface area contributed by atoms with Gasteiger partial charge in [-0.2, -0.15) is 0 Å². The number of hydrogen-bond acceptors (Lipinski definition) is 3. The third-order valence-electron chi connectivity index (χ3n) is 3.25. The number of carbonyl (C=O) groups excluding carboxylic acids is 2. The van der Waals surface area contributed by atoms with Crippen molar-refractivity contribution in [2.75, 3.05) is 19.4 Å². The van der Waals surface area contributed by atoms with E-state index in [4.69, 9.17) is 5.11 Å². The Hall–Kier alpha value is -2.37. The molecule has 106 valence electrons. The molecule has 20 heavy (non-hydrogen) atoms. The first-order valence-corrected chi connectivity index (χ1v) is 6.25. The summed E-state index contributed by atoms with van der Waals surface area (Å²) in [6.07, 6.45) is 0.387.